The van der Waals surface area contributed by atoms with E-state index >= 15 is 0 Å². The average Bonchev–Trinajstić information content (AvgIpc) is 2.90. The molecule has 4 aromatic rings. The van der Waals surface area contributed by atoms with Crippen molar-refractivity contribution >= 4 is 28.4 Å². The monoisotopic (exact) mass is 518 g/mol. The van der Waals surface area contributed by atoms with Gasteiger partial charge in [0, 0.05) is 37.0 Å². The molecule has 1 saturated heterocycles. The lowest BCUT2D eigenvalue weighted by Crippen LogP contribution is -2.48. The molecule has 0 radical (unpaired) electrons. The van der Waals surface area contributed by atoms with Crippen LogP contribution in [0.2, 0.25) is 0 Å². The van der Waals surface area contributed by atoms with Gasteiger partial charge in [0.25, 0.3) is 0 Å². The van der Waals surface area contributed by atoms with Crippen LogP contribution in [-0.2, 0) is 4.74 Å². The normalized spacial score (nSPS) is 19.8. The number of pyridine rings is 3. The zero-order valence-corrected chi connectivity index (χ0v) is 20.9. The first-order valence-electron chi connectivity index (χ1n) is 12.8. The zero-order valence-electron chi connectivity index (χ0n) is 20.9. The maximum Gasteiger partial charge on any atom is 0.214 e. The molecule has 0 aromatic carbocycles. The molecule has 1 aliphatic heterocycles. The molecule has 0 bridgehead atoms. The van der Waals surface area contributed by atoms with Crippen LogP contribution in [0.4, 0.5) is 26.2 Å². The highest BCUT2D eigenvalue weighted by molar-refractivity contribution is 5.93. The summed E-state index contributed by atoms with van der Waals surface area (Å²) in [7, 11) is 1.72. The number of piperidine rings is 1. The van der Waals surface area contributed by atoms with Crippen LogP contribution in [0.1, 0.15) is 37.2 Å². The first-order chi connectivity index (χ1) is 18.6. The van der Waals surface area contributed by atoms with Gasteiger partial charge >= 0.3 is 0 Å². The summed E-state index contributed by atoms with van der Waals surface area (Å²) in [5.41, 5.74) is 2.57. The van der Waals surface area contributed by atoms with Crippen molar-refractivity contribution in [1.82, 2.24) is 30.2 Å². The van der Waals surface area contributed by atoms with E-state index < -0.39 is 11.8 Å². The first-order valence-corrected chi connectivity index (χ1v) is 12.8. The van der Waals surface area contributed by atoms with E-state index in [1.807, 2.05) is 6.20 Å². The standard InChI is InChI=1S/C27H28F2N8O/c1-38-21-14-30-9-8-19(21)33-27-24-17(15-3-2-4-15)12-31-13-20(24)34-25(37-27)16-7-10-32-23(11-16)36-26-18(28)5-6-22(29)35-26/h5-7,10-13,15,19,21,30H,2-4,8-9,14H2,1H3,(H,32,35,36)(H,33,34,37)/t19-,21+/m0/s1. The van der Waals surface area contributed by atoms with Crippen molar-refractivity contribution in [3.05, 3.63) is 60.2 Å². The molecular weight excluding hydrogens is 490 g/mol. The summed E-state index contributed by atoms with van der Waals surface area (Å²) >= 11 is 0. The molecule has 3 N–H and O–H groups in total. The Hall–Kier alpha value is -3.83. The second-order valence-corrected chi connectivity index (χ2v) is 9.68. The fourth-order valence-corrected chi connectivity index (χ4v) is 5.05. The van der Waals surface area contributed by atoms with E-state index in [0.717, 1.165) is 66.8 Å². The van der Waals surface area contributed by atoms with Gasteiger partial charge in [-0.1, -0.05) is 6.42 Å². The van der Waals surface area contributed by atoms with Crippen LogP contribution in [0.5, 0.6) is 0 Å². The number of hydrogen-bond donors (Lipinski definition) is 3. The van der Waals surface area contributed by atoms with E-state index in [9.17, 15) is 8.78 Å². The smallest absolute Gasteiger partial charge is 0.214 e. The number of aromatic nitrogens is 5. The molecule has 4 aromatic heterocycles. The fraction of sp³-hybridized carbons (Fsp3) is 0.370. The molecule has 2 atom stereocenters. The molecule has 11 heteroatoms. The third kappa shape index (κ3) is 4.86. The number of rotatable bonds is 7. The molecule has 6 rings (SSSR count). The minimum Gasteiger partial charge on any atom is -0.378 e. The predicted octanol–water partition coefficient (Wildman–Crippen LogP) is 4.56. The quantitative estimate of drug-likeness (QED) is 0.303. The van der Waals surface area contributed by atoms with Gasteiger partial charge in [-0.15, -0.1) is 0 Å². The Bertz CT molecular complexity index is 1460. The van der Waals surface area contributed by atoms with Crippen LogP contribution in [0.15, 0.2) is 42.9 Å². The molecule has 0 spiro atoms. The van der Waals surface area contributed by atoms with Crippen molar-refractivity contribution < 1.29 is 13.5 Å². The zero-order chi connectivity index (χ0) is 26.1. The van der Waals surface area contributed by atoms with E-state index in [2.05, 4.69) is 30.9 Å². The summed E-state index contributed by atoms with van der Waals surface area (Å²) in [6, 6.07) is 5.51. The minimum absolute atomic E-state index is 0.00315. The van der Waals surface area contributed by atoms with Gasteiger partial charge in [-0.2, -0.15) is 9.37 Å². The maximum atomic E-state index is 14.2. The number of halogens is 2. The topological polar surface area (TPSA) is 110 Å². The molecule has 0 unspecified atom stereocenters. The summed E-state index contributed by atoms with van der Waals surface area (Å²) in [4.78, 5) is 22.2. The van der Waals surface area contributed by atoms with Crippen molar-refractivity contribution in [2.75, 3.05) is 30.8 Å². The van der Waals surface area contributed by atoms with E-state index in [1.165, 1.54) is 6.42 Å². The van der Waals surface area contributed by atoms with Gasteiger partial charge in [-0.05, 0) is 61.6 Å². The van der Waals surface area contributed by atoms with Gasteiger partial charge in [0.05, 0.1) is 23.9 Å². The molecule has 2 fully saturated rings. The Kier molecular flexibility index (Phi) is 6.77. The number of hydrogen-bond acceptors (Lipinski definition) is 9. The largest absolute Gasteiger partial charge is 0.378 e. The third-order valence-electron chi connectivity index (χ3n) is 7.31. The minimum atomic E-state index is -0.791. The predicted molar refractivity (Wildman–Crippen MR) is 140 cm³/mol. The van der Waals surface area contributed by atoms with E-state index in [0.29, 0.717) is 17.3 Å². The summed E-state index contributed by atoms with van der Waals surface area (Å²) in [5.74, 6) is 0.218. The Balaban J connectivity index is 1.41. The lowest BCUT2D eigenvalue weighted by atomic mass is 9.79. The second kappa shape index (κ2) is 10.5. The highest BCUT2D eigenvalue weighted by Gasteiger charge is 2.28. The Morgan fingerprint density at radius 3 is 2.74 bits per heavy atom. The van der Waals surface area contributed by atoms with Gasteiger partial charge < -0.3 is 20.7 Å². The first kappa shape index (κ1) is 24.5. The number of anilines is 3. The van der Waals surface area contributed by atoms with E-state index in [1.54, 1.807) is 31.6 Å². The van der Waals surface area contributed by atoms with Crippen molar-refractivity contribution in [3.63, 3.8) is 0 Å². The summed E-state index contributed by atoms with van der Waals surface area (Å²) in [6.07, 6.45) is 9.60. The highest BCUT2D eigenvalue weighted by Crippen LogP contribution is 2.41. The van der Waals surface area contributed by atoms with Gasteiger partial charge in [-0.25, -0.2) is 19.3 Å². The van der Waals surface area contributed by atoms with Crippen molar-refractivity contribution in [3.8, 4) is 11.4 Å². The second-order valence-electron chi connectivity index (χ2n) is 9.68. The number of methoxy groups -OCH3 is 1. The fourth-order valence-electron chi connectivity index (χ4n) is 5.05. The summed E-state index contributed by atoms with van der Waals surface area (Å²) < 4.78 is 33.5. The van der Waals surface area contributed by atoms with E-state index in [-0.39, 0.29) is 23.8 Å². The lowest BCUT2D eigenvalue weighted by Gasteiger charge is -2.33. The van der Waals surface area contributed by atoms with Crippen LogP contribution < -0.4 is 16.0 Å². The molecule has 196 valence electrons. The molecule has 0 amide bonds. The molecule has 1 aliphatic carbocycles. The van der Waals surface area contributed by atoms with Gasteiger partial charge in [0.1, 0.15) is 11.6 Å². The Labute approximate surface area is 218 Å². The highest BCUT2D eigenvalue weighted by atomic mass is 19.1. The number of ether oxygens (including phenoxy) is 1. The van der Waals surface area contributed by atoms with E-state index in [4.69, 9.17) is 14.7 Å². The third-order valence-corrected chi connectivity index (χ3v) is 7.31. The van der Waals surface area contributed by atoms with Crippen molar-refractivity contribution in [1.29, 1.82) is 0 Å². The van der Waals surface area contributed by atoms with Crippen LogP contribution >= 0.6 is 0 Å². The molecule has 1 saturated carbocycles. The van der Waals surface area contributed by atoms with Gasteiger partial charge in [0.15, 0.2) is 17.5 Å². The van der Waals surface area contributed by atoms with Crippen LogP contribution in [-0.4, -0.2) is 57.3 Å². The number of nitrogens with one attached hydrogen (secondary N) is 3. The van der Waals surface area contributed by atoms with Crippen LogP contribution in [0.3, 0.4) is 0 Å². The summed E-state index contributed by atoms with van der Waals surface area (Å²) in [6.45, 7) is 1.64. The molecular formula is C27H28F2N8O. The maximum absolute atomic E-state index is 14.2. The molecule has 5 heterocycles. The Morgan fingerprint density at radius 2 is 1.92 bits per heavy atom. The SMILES string of the molecule is CO[C@@H]1CNCC[C@@H]1Nc1nc(-c2ccnc(Nc3nc(F)ccc3F)c2)nc2cncc(C3CCC3)c12. The average molecular weight is 519 g/mol. The number of fused-ring (bicyclic) bond motifs is 1. The number of nitrogens with zero attached hydrogens (tertiary/aromatic N) is 5. The van der Waals surface area contributed by atoms with Crippen LogP contribution in [0, 0.1) is 11.8 Å². The molecule has 38 heavy (non-hydrogen) atoms. The Morgan fingerprint density at radius 1 is 1.03 bits per heavy atom. The molecule has 9 nitrogen and oxygen atoms in total. The van der Waals surface area contributed by atoms with Crippen molar-refractivity contribution in [2.45, 2.75) is 43.7 Å². The van der Waals surface area contributed by atoms with Gasteiger partial charge in [0.2, 0.25) is 5.95 Å². The van der Waals surface area contributed by atoms with Crippen LogP contribution in [0.25, 0.3) is 22.3 Å². The van der Waals surface area contributed by atoms with Gasteiger partial charge in [-0.3, -0.25) is 4.98 Å². The molecule has 2 aliphatic rings. The lowest BCUT2D eigenvalue weighted by molar-refractivity contribution is 0.0706. The summed E-state index contributed by atoms with van der Waals surface area (Å²) in [5, 5.41) is 10.8. The van der Waals surface area contributed by atoms with Crippen molar-refractivity contribution in [2.24, 2.45) is 0 Å².